The van der Waals surface area contributed by atoms with E-state index in [2.05, 4.69) is 71.5 Å². The molecule has 0 aromatic heterocycles. The molecule has 10 N–H and O–H groups in total. The minimum absolute atomic E-state index is 0.0292. The molecule has 726 valence electrons. The fourth-order valence-corrected chi connectivity index (χ4v) is 17.4. The molecule has 0 aliphatic carbocycles. The number of unbranched alkanes of at least 4 members (excludes halogenated alkanes) is 3. The lowest BCUT2D eigenvalue weighted by Crippen LogP contribution is -2.45. The van der Waals surface area contributed by atoms with E-state index in [0.717, 1.165) is 115 Å². The van der Waals surface area contributed by atoms with E-state index in [9.17, 15) is 62.3 Å². The summed E-state index contributed by atoms with van der Waals surface area (Å²) in [5.74, 6) is -1.08. The first kappa shape index (κ1) is 113. The molecule has 6 aliphatic heterocycles. The second kappa shape index (κ2) is 71.8. The highest BCUT2D eigenvalue weighted by molar-refractivity contribution is 8.00. The zero-order chi connectivity index (χ0) is 92.3. The maximum Gasteiger partial charge on any atom is 0.368 e. The average Bonchev–Trinajstić information content (AvgIpc) is 1.68. The van der Waals surface area contributed by atoms with E-state index < -0.39 is 54.6 Å². The van der Waals surface area contributed by atoms with Crippen LogP contribution in [0.4, 0.5) is 14.4 Å². The summed E-state index contributed by atoms with van der Waals surface area (Å²) in [5, 5.41) is 35.7. The van der Waals surface area contributed by atoms with Gasteiger partial charge >= 0.3 is 47.9 Å². The van der Waals surface area contributed by atoms with Crippen LogP contribution in [-0.4, -0.2) is 427 Å². The van der Waals surface area contributed by atoms with Crippen LogP contribution in [0.1, 0.15) is 103 Å². The summed E-state index contributed by atoms with van der Waals surface area (Å²) >= 11 is 5.69. The highest BCUT2D eigenvalue weighted by Crippen LogP contribution is 2.35. The van der Waals surface area contributed by atoms with Crippen molar-refractivity contribution >= 4 is 113 Å². The molecule has 11 unspecified atom stereocenters. The van der Waals surface area contributed by atoms with E-state index >= 15 is 0 Å². The standard InChI is InChI=1S/C25H42N4O10S.C24H42N4O9S.C21H37N3O7S.C10H21NO5/c1-17(30)39-23(24(33)35-3)27-20(31)15-38-14-13-37-12-11-36-10-6-9-29(2)21(32)8-5-4-7-19-22-18(16-40-19)26-25(34)28-22;1-28(21(31)7-4-3-6-19-22-18(16-38-19)26-24(33)27-22)8-5-9-35-10-11-36-12-13-37-15-20(30)25-17(14-29)23(32)34-2;1-24(8-5-9-29-10-11-30-12-13-31-14-19(26)28-2)18(25)7-4-3-6-17-20-16(15-32-17)22-21(27)23-20;1-11-3-4-14-5-6-15-7-8-16-9-10(12)13-2/h18-19,22-23H,4-16H2,1-3H3,(H,27,31)(H2,26,28,34);17-19,22,29H,3-16H2,1-2H3,(H,25,30)(H2,26,27,33);16-17,20H,3-15H2,1-2H3,(H2,22,23,27);11H,3-9H2,1-2H3. The molecule has 6 aliphatic rings. The Morgan fingerprint density at radius 2 is 0.690 bits per heavy atom. The maximum absolute atomic E-state index is 12.4. The van der Waals surface area contributed by atoms with Crippen LogP contribution in [0, 0.1) is 0 Å². The summed E-state index contributed by atoms with van der Waals surface area (Å²) in [6, 6.07) is 0.0651. The molecule has 6 rings (SSSR count). The van der Waals surface area contributed by atoms with Crippen molar-refractivity contribution in [3.8, 4) is 0 Å². The summed E-state index contributed by atoms with van der Waals surface area (Å²) in [7, 11) is 12.2. The van der Waals surface area contributed by atoms with Crippen molar-refractivity contribution in [2.24, 2.45) is 0 Å². The number of hydrogen-bond donors (Lipinski definition) is 10. The second-order valence-electron chi connectivity index (χ2n) is 29.4. The summed E-state index contributed by atoms with van der Waals surface area (Å²) in [5.41, 5.74) is 0. The third-order valence-electron chi connectivity index (χ3n) is 19.7. The number of esters is 5. The monoisotopic (exact) mass is 1860 g/mol. The topological polar surface area (TPSA) is 517 Å². The zero-order valence-corrected chi connectivity index (χ0v) is 77.3. The van der Waals surface area contributed by atoms with Crippen LogP contribution in [0.3, 0.4) is 0 Å². The number of carbonyl (C=O) groups is 13. The number of fused-ring (bicyclic) bond motifs is 3. The number of aliphatic hydroxyl groups excluding tert-OH is 1. The Hall–Kier alpha value is -7.00. The number of hydrogen-bond acceptors (Lipinski definition) is 35. The van der Waals surface area contributed by atoms with E-state index in [1.807, 2.05) is 56.4 Å². The van der Waals surface area contributed by atoms with Crippen molar-refractivity contribution in [3.63, 3.8) is 0 Å². The fraction of sp³-hybridized carbons (Fsp3) is 0.838. The van der Waals surface area contributed by atoms with Gasteiger partial charge in [0.1, 0.15) is 26.4 Å². The van der Waals surface area contributed by atoms with Gasteiger partial charge in [-0.3, -0.25) is 28.8 Å². The molecule has 0 aromatic carbocycles. The molecule has 0 aromatic rings. The molecule has 43 nitrogen and oxygen atoms in total. The number of ether oxygens (including phenoxy) is 17. The molecule has 11 atom stereocenters. The van der Waals surface area contributed by atoms with Gasteiger partial charge < -0.3 is 148 Å². The quantitative estimate of drug-likeness (QED) is 0.0118. The smallest absolute Gasteiger partial charge is 0.368 e. The number of rotatable bonds is 68. The normalized spacial score (nSPS) is 19.5. The minimum Gasteiger partial charge on any atom is -0.467 e. The molecule has 6 saturated heterocycles. The molecule has 11 amide bonds. The van der Waals surface area contributed by atoms with E-state index in [1.165, 1.54) is 21.3 Å². The summed E-state index contributed by atoms with van der Waals surface area (Å²) in [6.07, 6.45) is 10.8. The molecule has 6 fully saturated rings. The van der Waals surface area contributed by atoms with Crippen molar-refractivity contribution in [2.75, 3.05) is 265 Å². The molecule has 0 spiro atoms. The first-order valence-corrected chi connectivity index (χ1v) is 46.0. The van der Waals surface area contributed by atoms with Crippen LogP contribution in [0.15, 0.2) is 0 Å². The van der Waals surface area contributed by atoms with Crippen LogP contribution in [-0.2, 0) is 128 Å². The number of urea groups is 3. The molecule has 0 saturated carbocycles. The lowest BCUT2D eigenvalue weighted by atomic mass is 10.0. The van der Waals surface area contributed by atoms with Gasteiger partial charge in [-0.05, 0) is 64.8 Å². The summed E-state index contributed by atoms with van der Waals surface area (Å²) < 4.78 is 85.9. The maximum atomic E-state index is 12.4. The third-order valence-corrected chi connectivity index (χ3v) is 24.2. The van der Waals surface area contributed by atoms with Gasteiger partial charge in [-0.15, -0.1) is 0 Å². The highest BCUT2D eigenvalue weighted by Gasteiger charge is 2.45. The molecule has 6 heterocycles. The number of nitrogens with one attached hydrogen (secondary N) is 9. The molecule has 126 heavy (non-hydrogen) atoms. The van der Waals surface area contributed by atoms with Crippen molar-refractivity contribution in [2.45, 2.75) is 168 Å². The van der Waals surface area contributed by atoms with Gasteiger partial charge in [0.05, 0.1) is 184 Å². The molecule has 0 bridgehead atoms. The number of aliphatic hydroxyl groups is 1. The number of carbonyl (C=O) groups excluding carboxylic acids is 13. The lowest BCUT2D eigenvalue weighted by Gasteiger charge is -2.18. The Balaban J connectivity index is 0.000000450. The lowest BCUT2D eigenvalue weighted by molar-refractivity contribution is -0.168. The SMILES string of the molecule is CNCCOCCOCCOCC(=O)OC.COC(=O)C(CO)NC(=O)COCCOCCOCCCN(C)C(=O)CCCCC1SCC2NC(=O)NC21.COC(=O)C(NC(=O)COCCOCCOCCCN(C)C(=O)CCCCC1SCC2NC(=O)NC21)OC(C)=O.COC(=O)COCCOCCOCCCN(C)C(=O)CCCCC1SCC2NC(=O)NC21. The summed E-state index contributed by atoms with van der Waals surface area (Å²) in [6.45, 7) is 10.8. The van der Waals surface area contributed by atoms with Gasteiger partial charge in [0.15, 0.2) is 6.04 Å². The van der Waals surface area contributed by atoms with Crippen molar-refractivity contribution in [1.29, 1.82) is 0 Å². The highest BCUT2D eigenvalue weighted by atomic mass is 32.2. The molecule has 0 radical (unpaired) electrons. The Morgan fingerprint density at radius 1 is 0.389 bits per heavy atom. The van der Waals surface area contributed by atoms with Crippen LogP contribution in [0.25, 0.3) is 0 Å². The Bertz CT molecular complexity index is 3100. The number of likely N-dealkylation sites (N-methyl/N-ethyl adjacent to an activating group) is 1. The largest absolute Gasteiger partial charge is 0.467 e. The van der Waals surface area contributed by atoms with Gasteiger partial charge in [-0.1, -0.05) is 19.3 Å². The number of nitrogens with zero attached hydrogens (tertiary/aromatic N) is 3. The van der Waals surface area contributed by atoms with Crippen LogP contribution >= 0.6 is 35.3 Å². The van der Waals surface area contributed by atoms with Gasteiger partial charge in [0.25, 0.3) is 6.23 Å². The van der Waals surface area contributed by atoms with Crippen molar-refractivity contribution in [1.82, 2.24) is 62.6 Å². The Labute approximate surface area is 752 Å². The van der Waals surface area contributed by atoms with Crippen LogP contribution in [0.5, 0.6) is 0 Å². The van der Waals surface area contributed by atoms with E-state index in [0.29, 0.717) is 160 Å². The van der Waals surface area contributed by atoms with Crippen molar-refractivity contribution < 1.29 is 148 Å². The molecular weight excluding hydrogens is 1720 g/mol. The average molecular weight is 1860 g/mol. The van der Waals surface area contributed by atoms with Gasteiger partial charge in [-0.25, -0.2) is 33.6 Å². The van der Waals surface area contributed by atoms with Crippen molar-refractivity contribution in [3.05, 3.63) is 0 Å². The van der Waals surface area contributed by atoms with E-state index in [4.69, 9.17) is 61.9 Å². The van der Waals surface area contributed by atoms with E-state index in [-0.39, 0.29) is 131 Å². The van der Waals surface area contributed by atoms with Gasteiger partial charge in [0, 0.05) is 126 Å². The molecule has 46 heteroatoms. The minimum atomic E-state index is -1.53. The number of thioether (sulfide) groups is 3. The predicted octanol–water partition coefficient (Wildman–Crippen LogP) is -0.738. The molecular formula is C80H142N12O31S3. The first-order valence-electron chi connectivity index (χ1n) is 42.9. The van der Waals surface area contributed by atoms with Crippen LogP contribution < -0.4 is 47.9 Å². The number of methoxy groups -OCH3 is 4. The number of amides is 11. The van der Waals surface area contributed by atoms with Crippen LogP contribution in [0.2, 0.25) is 0 Å². The first-order chi connectivity index (χ1) is 60.9. The predicted molar refractivity (Wildman–Crippen MR) is 463 cm³/mol. The Morgan fingerprint density at radius 3 is 0.992 bits per heavy atom. The second-order valence-corrected chi connectivity index (χ2v) is 33.2. The Kier molecular flexibility index (Phi) is 64.5. The fourth-order valence-electron chi connectivity index (χ4n) is 12.8. The van der Waals surface area contributed by atoms with E-state index in [1.54, 1.807) is 21.7 Å². The summed E-state index contributed by atoms with van der Waals surface area (Å²) in [4.78, 5) is 155. The zero-order valence-electron chi connectivity index (χ0n) is 74.8. The van der Waals surface area contributed by atoms with Gasteiger partial charge in [-0.2, -0.15) is 35.3 Å². The third kappa shape index (κ3) is 52.6. The van der Waals surface area contributed by atoms with Gasteiger partial charge in [0.2, 0.25) is 29.5 Å².